The van der Waals surface area contributed by atoms with Gasteiger partial charge in [-0.2, -0.15) is 0 Å². The van der Waals surface area contributed by atoms with Crippen LogP contribution in [0.3, 0.4) is 0 Å². The van der Waals surface area contributed by atoms with E-state index in [9.17, 15) is 0 Å². The zero-order valence-corrected chi connectivity index (χ0v) is 11.8. The minimum Gasteiger partial charge on any atom is -0.330 e. The van der Waals surface area contributed by atoms with E-state index in [1.165, 1.54) is 25.8 Å². The molecule has 0 radical (unpaired) electrons. The standard InChI is InChI=1S/C14H30N2/c1-11(14(2,3)4)16(5)10-13-8-6-7-12(13)9-15/h11-13H,6-10,15H2,1-5H3. The summed E-state index contributed by atoms with van der Waals surface area (Å²) in [7, 11) is 2.27. The molecular formula is C14H30N2. The Bertz CT molecular complexity index is 207. The lowest BCUT2D eigenvalue weighted by molar-refractivity contribution is 0.114. The summed E-state index contributed by atoms with van der Waals surface area (Å²) in [4.78, 5) is 2.53. The summed E-state index contributed by atoms with van der Waals surface area (Å²) in [5.74, 6) is 1.61. The number of hydrogen-bond acceptors (Lipinski definition) is 2. The third kappa shape index (κ3) is 3.46. The average molecular weight is 226 g/mol. The molecule has 0 saturated heterocycles. The van der Waals surface area contributed by atoms with Crippen molar-refractivity contribution < 1.29 is 0 Å². The van der Waals surface area contributed by atoms with Crippen LogP contribution in [0.2, 0.25) is 0 Å². The van der Waals surface area contributed by atoms with E-state index in [1.807, 2.05) is 0 Å². The molecule has 0 bridgehead atoms. The van der Waals surface area contributed by atoms with Gasteiger partial charge in [0.15, 0.2) is 0 Å². The van der Waals surface area contributed by atoms with Crippen molar-refractivity contribution in [1.29, 1.82) is 0 Å². The van der Waals surface area contributed by atoms with Crippen LogP contribution in [0.4, 0.5) is 0 Å². The summed E-state index contributed by atoms with van der Waals surface area (Å²) in [5.41, 5.74) is 6.21. The second kappa shape index (κ2) is 5.50. The second-order valence-corrected chi connectivity index (χ2v) is 6.67. The first-order chi connectivity index (χ1) is 7.36. The first-order valence-electron chi connectivity index (χ1n) is 6.76. The van der Waals surface area contributed by atoms with Gasteiger partial charge >= 0.3 is 0 Å². The summed E-state index contributed by atoms with van der Waals surface area (Å²) in [6.07, 6.45) is 4.10. The third-order valence-electron chi connectivity index (χ3n) is 4.56. The number of nitrogens with zero attached hydrogens (tertiary/aromatic N) is 1. The summed E-state index contributed by atoms with van der Waals surface area (Å²) >= 11 is 0. The third-order valence-corrected chi connectivity index (χ3v) is 4.56. The molecule has 0 spiro atoms. The van der Waals surface area contributed by atoms with E-state index < -0.39 is 0 Å². The van der Waals surface area contributed by atoms with Crippen molar-refractivity contribution in [1.82, 2.24) is 4.90 Å². The van der Waals surface area contributed by atoms with Crippen molar-refractivity contribution in [3.63, 3.8) is 0 Å². The Labute approximate surface area is 102 Å². The highest BCUT2D eigenvalue weighted by atomic mass is 15.1. The largest absolute Gasteiger partial charge is 0.330 e. The lowest BCUT2D eigenvalue weighted by atomic mass is 9.86. The summed E-state index contributed by atoms with van der Waals surface area (Å²) in [5, 5.41) is 0. The highest BCUT2D eigenvalue weighted by molar-refractivity contribution is 4.84. The Morgan fingerprint density at radius 1 is 1.25 bits per heavy atom. The predicted octanol–water partition coefficient (Wildman–Crippen LogP) is 2.73. The molecule has 3 atom stereocenters. The van der Waals surface area contributed by atoms with Gasteiger partial charge in [0.1, 0.15) is 0 Å². The van der Waals surface area contributed by atoms with Crippen LogP contribution in [0.5, 0.6) is 0 Å². The predicted molar refractivity (Wildman–Crippen MR) is 71.4 cm³/mol. The molecule has 96 valence electrons. The Kier molecular flexibility index (Phi) is 4.81. The van der Waals surface area contributed by atoms with E-state index in [1.54, 1.807) is 0 Å². The molecule has 2 heteroatoms. The molecule has 1 rings (SSSR count). The molecule has 1 aliphatic rings. The first-order valence-corrected chi connectivity index (χ1v) is 6.76. The van der Waals surface area contributed by atoms with Gasteiger partial charge in [-0.05, 0) is 50.6 Å². The van der Waals surface area contributed by atoms with Crippen LogP contribution >= 0.6 is 0 Å². The quantitative estimate of drug-likeness (QED) is 0.798. The molecule has 0 aromatic carbocycles. The number of rotatable bonds is 4. The molecule has 0 aromatic heterocycles. The maximum Gasteiger partial charge on any atom is 0.0112 e. The van der Waals surface area contributed by atoms with Crippen LogP contribution in [0, 0.1) is 17.3 Å². The van der Waals surface area contributed by atoms with Gasteiger partial charge < -0.3 is 10.6 Å². The SMILES string of the molecule is CC(N(C)CC1CCCC1CN)C(C)(C)C. The summed E-state index contributed by atoms with van der Waals surface area (Å²) < 4.78 is 0. The van der Waals surface area contributed by atoms with Crippen LogP contribution in [-0.4, -0.2) is 31.1 Å². The number of hydrogen-bond donors (Lipinski definition) is 1. The highest BCUT2D eigenvalue weighted by Crippen LogP contribution is 2.33. The van der Waals surface area contributed by atoms with Crippen molar-refractivity contribution in [2.45, 2.75) is 53.0 Å². The van der Waals surface area contributed by atoms with E-state index in [4.69, 9.17) is 5.73 Å². The maximum atomic E-state index is 5.84. The Morgan fingerprint density at radius 3 is 2.31 bits per heavy atom. The van der Waals surface area contributed by atoms with E-state index in [0.29, 0.717) is 11.5 Å². The van der Waals surface area contributed by atoms with Crippen molar-refractivity contribution in [3.05, 3.63) is 0 Å². The fourth-order valence-electron chi connectivity index (χ4n) is 2.85. The van der Waals surface area contributed by atoms with Crippen molar-refractivity contribution in [3.8, 4) is 0 Å². The van der Waals surface area contributed by atoms with Crippen LogP contribution in [0.15, 0.2) is 0 Å². The first kappa shape index (κ1) is 14.0. The molecule has 2 N–H and O–H groups in total. The fraction of sp³-hybridized carbons (Fsp3) is 1.00. The van der Waals surface area contributed by atoms with Crippen molar-refractivity contribution in [2.24, 2.45) is 23.0 Å². The minimum atomic E-state index is 0.367. The molecule has 3 unspecified atom stereocenters. The Balaban J connectivity index is 2.47. The molecule has 2 nitrogen and oxygen atoms in total. The normalized spacial score (nSPS) is 28.7. The molecule has 0 heterocycles. The second-order valence-electron chi connectivity index (χ2n) is 6.67. The zero-order chi connectivity index (χ0) is 12.3. The zero-order valence-electron chi connectivity index (χ0n) is 11.8. The van der Waals surface area contributed by atoms with Gasteiger partial charge in [-0.1, -0.05) is 27.2 Å². The van der Waals surface area contributed by atoms with E-state index in [2.05, 4.69) is 39.6 Å². The summed E-state index contributed by atoms with van der Waals surface area (Å²) in [6.45, 7) is 11.4. The molecule has 16 heavy (non-hydrogen) atoms. The molecule has 1 fully saturated rings. The van der Waals surface area contributed by atoms with Gasteiger partial charge in [0.2, 0.25) is 0 Å². The monoisotopic (exact) mass is 226 g/mol. The van der Waals surface area contributed by atoms with Gasteiger partial charge in [0.05, 0.1) is 0 Å². The summed E-state index contributed by atoms with van der Waals surface area (Å²) in [6, 6.07) is 0.631. The van der Waals surface area contributed by atoms with Crippen LogP contribution < -0.4 is 5.73 Å². The Morgan fingerprint density at radius 2 is 1.81 bits per heavy atom. The lowest BCUT2D eigenvalue weighted by Crippen LogP contribution is -2.42. The fourth-order valence-corrected chi connectivity index (χ4v) is 2.85. The maximum absolute atomic E-state index is 5.84. The van der Waals surface area contributed by atoms with Gasteiger partial charge in [0.25, 0.3) is 0 Å². The van der Waals surface area contributed by atoms with Crippen LogP contribution in [0.25, 0.3) is 0 Å². The molecular weight excluding hydrogens is 196 g/mol. The minimum absolute atomic E-state index is 0.367. The van der Waals surface area contributed by atoms with Crippen LogP contribution in [-0.2, 0) is 0 Å². The Hall–Kier alpha value is -0.0800. The average Bonchev–Trinajstić information content (AvgIpc) is 2.62. The van der Waals surface area contributed by atoms with Gasteiger partial charge in [-0.15, -0.1) is 0 Å². The van der Waals surface area contributed by atoms with E-state index >= 15 is 0 Å². The van der Waals surface area contributed by atoms with Crippen molar-refractivity contribution >= 4 is 0 Å². The smallest absolute Gasteiger partial charge is 0.0112 e. The molecule has 0 aliphatic heterocycles. The van der Waals surface area contributed by atoms with Gasteiger partial charge in [-0.3, -0.25) is 0 Å². The number of nitrogens with two attached hydrogens (primary N) is 1. The van der Waals surface area contributed by atoms with E-state index in [0.717, 1.165) is 18.4 Å². The van der Waals surface area contributed by atoms with Gasteiger partial charge in [-0.25, -0.2) is 0 Å². The van der Waals surface area contributed by atoms with E-state index in [-0.39, 0.29) is 0 Å². The highest BCUT2D eigenvalue weighted by Gasteiger charge is 2.30. The van der Waals surface area contributed by atoms with Gasteiger partial charge in [0, 0.05) is 12.6 Å². The van der Waals surface area contributed by atoms with Crippen molar-refractivity contribution in [2.75, 3.05) is 20.1 Å². The topological polar surface area (TPSA) is 29.3 Å². The lowest BCUT2D eigenvalue weighted by Gasteiger charge is -2.37. The molecule has 1 saturated carbocycles. The molecule has 0 amide bonds. The molecule has 1 aliphatic carbocycles. The van der Waals surface area contributed by atoms with Crippen LogP contribution in [0.1, 0.15) is 47.0 Å². The molecule has 0 aromatic rings.